The van der Waals surface area contributed by atoms with Gasteiger partial charge in [-0.3, -0.25) is 14.3 Å². The third kappa shape index (κ3) is 3.78. The van der Waals surface area contributed by atoms with Crippen molar-refractivity contribution < 1.29 is 23.1 Å². The van der Waals surface area contributed by atoms with Crippen LogP contribution < -0.4 is 5.32 Å². The van der Waals surface area contributed by atoms with Crippen molar-refractivity contribution in [2.75, 3.05) is 13.2 Å². The minimum absolute atomic E-state index is 0.154. The van der Waals surface area contributed by atoms with Gasteiger partial charge < -0.3 is 19.9 Å². The number of nitrogens with zero attached hydrogens (tertiary/aromatic N) is 3. The Morgan fingerprint density at radius 3 is 2.81 bits per heavy atom. The van der Waals surface area contributed by atoms with Crippen molar-refractivity contribution in [1.82, 2.24) is 25.0 Å². The highest BCUT2D eigenvalue weighted by Gasteiger charge is 2.45. The van der Waals surface area contributed by atoms with Crippen molar-refractivity contribution in [2.24, 2.45) is 0 Å². The number of amides is 2. The van der Waals surface area contributed by atoms with Gasteiger partial charge in [0.2, 0.25) is 0 Å². The lowest BCUT2D eigenvalue weighted by Gasteiger charge is -2.28. The number of carbonyl (C=O) groups excluding carboxylic acids is 2. The first-order valence-electron chi connectivity index (χ1n) is 10.1. The molecule has 3 aromatic rings. The van der Waals surface area contributed by atoms with Crippen LogP contribution in [0.1, 0.15) is 39.4 Å². The molecule has 2 aromatic heterocycles. The summed E-state index contributed by atoms with van der Waals surface area (Å²) in [4.78, 5) is 30.7. The number of ether oxygens (including phenoxy) is 1. The number of hydrogen-bond acceptors (Lipinski definition) is 4. The van der Waals surface area contributed by atoms with Gasteiger partial charge in [-0.2, -0.15) is 13.9 Å². The predicted octanol–water partition coefficient (Wildman–Crippen LogP) is 2.52. The van der Waals surface area contributed by atoms with E-state index in [-0.39, 0.29) is 19.1 Å². The number of para-hydroxylation sites is 1. The Kier molecular flexibility index (Phi) is 4.73. The average Bonchev–Trinajstić information content (AvgIpc) is 3.20. The van der Waals surface area contributed by atoms with Crippen molar-refractivity contribution >= 4 is 22.7 Å². The molecule has 5 rings (SSSR count). The summed E-state index contributed by atoms with van der Waals surface area (Å²) in [6.45, 7) is -1.94. The second-order valence-electron chi connectivity index (χ2n) is 8.03. The zero-order valence-corrected chi connectivity index (χ0v) is 16.6. The number of rotatable bonds is 6. The molecular formula is C21H21F2N5O3. The quantitative estimate of drug-likeness (QED) is 0.630. The highest BCUT2D eigenvalue weighted by molar-refractivity contribution is 5.99. The van der Waals surface area contributed by atoms with Gasteiger partial charge in [0.05, 0.1) is 42.7 Å². The molecule has 31 heavy (non-hydrogen) atoms. The van der Waals surface area contributed by atoms with E-state index < -0.39 is 18.1 Å². The van der Waals surface area contributed by atoms with Gasteiger partial charge in [0.25, 0.3) is 11.8 Å². The number of carbonyl (C=O) groups is 2. The molecule has 0 radical (unpaired) electrons. The van der Waals surface area contributed by atoms with E-state index in [0.717, 1.165) is 10.9 Å². The largest absolute Gasteiger partial charge is 0.351 e. The second kappa shape index (κ2) is 7.45. The predicted molar refractivity (Wildman–Crippen MR) is 107 cm³/mol. The molecule has 0 bridgehead atoms. The minimum Gasteiger partial charge on any atom is -0.351 e. The van der Waals surface area contributed by atoms with Crippen LogP contribution in [0.4, 0.5) is 8.78 Å². The van der Waals surface area contributed by atoms with Crippen LogP contribution in [-0.2, 0) is 17.8 Å². The van der Waals surface area contributed by atoms with Crippen LogP contribution in [0.5, 0.6) is 0 Å². The summed E-state index contributed by atoms with van der Waals surface area (Å²) in [5, 5.41) is 8.02. The van der Waals surface area contributed by atoms with Gasteiger partial charge in [0.1, 0.15) is 5.69 Å². The fourth-order valence-electron chi connectivity index (χ4n) is 3.95. The van der Waals surface area contributed by atoms with E-state index in [1.54, 1.807) is 9.58 Å². The average molecular weight is 429 g/mol. The van der Waals surface area contributed by atoms with Crippen LogP contribution in [-0.4, -0.2) is 56.8 Å². The van der Waals surface area contributed by atoms with Gasteiger partial charge >= 0.3 is 6.61 Å². The highest BCUT2D eigenvalue weighted by atomic mass is 19.3. The highest BCUT2D eigenvalue weighted by Crippen LogP contribution is 2.36. The first-order valence-corrected chi connectivity index (χ1v) is 10.1. The van der Waals surface area contributed by atoms with Crippen LogP contribution in [0.2, 0.25) is 0 Å². The lowest BCUT2D eigenvalue weighted by Crippen LogP contribution is -2.42. The number of H-pyrrole nitrogens is 1. The number of alkyl halides is 2. The number of halogens is 2. The standard InChI is InChI=1S/C21H21F2N5O3/c22-20(23)31-12-21(5-6-21)26-18(29)14-10-24-28-8-7-27(11-17(14)28)19(30)16-9-13-3-1-2-4-15(13)25-16/h1-4,9-10,20,25H,5-8,11-12H2,(H,26,29). The summed E-state index contributed by atoms with van der Waals surface area (Å²) in [5.41, 5.74) is 1.59. The normalized spacial score (nSPS) is 17.1. The van der Waals surface area contributed by atoms with E-state index in [2.05, 4.69) is 20.1 Å². The summed E-state index contributed by atoms with van der Waals surface area (Å²) < 4.78 is 30.8. The first-order chi connectivity index (χ1) is 14.9. The van der Waals surface area contributed by atoms with E-state index in [1.165, 1.54) is 6.20 Å². The summed E-state index contributed by atoms with van der Waals surface area (Å²) >= 11 is 0. The molecule has 0 spiro atoms. The smallest absolute Gasteiger partial charge is 0.345 e. The minimum atomic E-state index is -2.87. The third-order valence-electron chi connectivity index (χ3n) is 5.88. The molecule has 162 valence electrons. The Morgan fingerprint density at radius 1 is 1.26 bits per heavy atom. The number of benzene rings is 1. The van der Waals surface area contributed by atoms with Crippen molar-refractivity contribution in [3.8, 4) is 0 Å². The number of aromatic amines is 1. The van der Waals surface area contributed by atoms with Crippen molar-refractivity contribution in [3.05, 3.63) is 53.5 Å². The summed E-state index contributed by atoms with van der Waals surface area (Å²) in [6, 6.07) is 9.47. The molecule has 2 N–H and O–H groups in total. The molecule has 8 nitrogen and oxygen atoms in total. The molecule has 1 aliphatic heterocycles. The van der Waals surface area contributed by atoms with Crippen molar-refractivity contribution in [2.45, 2.75) is 38.1 Å². The van der Waals surface area contributed by atoms with E-state index in [1.807, 2.05) is 30.3 Å². The molecule has 1 saturated carbocycles. The van der Waals surface area contributed by atoms with E-state index in [9.17, 15) is 18.4 Å². The van der Waals surface area contributed by atoms with Crippen molar-refractivity contribution in [1.29, 1.82) is 0 Å². The number of aromatic nitrogens is 3. The maximum absolute atomic E-state index is 13.0. The Morgan fingerprint density at radius 2 is 2.06 bits per heavy atom. The van der Waals surface area contributed by atoms with Crippen LogP contribution in [0.3, 0.4) is 0 Å². The number of hydrogen-bond donors (Lipinski definition) is 2. The summed E-state index contributed by atoms with van der Waals surface area (Å²) in [6.07, 6.45) is 2.63. The molecule has 3 heterocycles. The fraction of sp³-hybridized carbons (Fsp3) is 0.381. The molecule has 0 unspecified atom stereocenters. The van der Waals surface area contributed by atoms with Gasteiger partial charge in [0, 0.05) is 17.4 Å². The lowest BCUT2D eigenvalue weighted by atomic mass is 10.1. The van der Waals surface area contributed by atoms with Crippen molar-refractivity contribution in [3.63, 3.8) is 0 Å². The van der Waals surface area contributed by atoms with Gasteiger partial charge in [-0.05, 0) is 25.0 Å². The van der Waals surface area contributed by atoms with Crippen LogP contribution in [0.15, 0.2) is 36.5 Å². The fourth-order valence-corrected chi connectivity index (χ4v) is 3.95. The molecule has 1 fully saturated rings. The zero-order valence-electron chi connectivity index (χ0n) is 16.6. The number of fused-ring (bicyclic) bond motifs is 2. The topological polar surface area (TPSA) is 92.2 Å². The van der Waals surface area contributed by atoms with Gasteiger partial charge in [0.15, 0.2) is 0 Å². The van der Waals surface area contributed by atoms with E-state index in [0.29, 0.717) is 42.9 Å². The zero-order chi connectivity index (χ0) is 21.6. The molecule has 0 saturated heterocycles. The molecule has 10 heteroatoms. The monoisotopic (exact) mass is 429 g/mol. The van der Waals surface area contributed by atoms with E-state index >= 15 is 0 Å². The summed E-state index contributed by atoms with van der Waals surface area (Å²) in [5.74, 6) is -0.546. The Balaban J connectivity index is 1.31. The van der Waals surface area contributed by atoms with Gasteiger partial charge in [-0.15, -0.1) is 0 Å². The molecular weight excluding hydrogens is 408 g/mol. The van der Waals surface area contributed by atoms with Gasteiger partial charge in [-0.25, -0.2) is 0 Å². The maximum Gasteiger partial charge on any atom is 0.345 e. The first kappa shape index (κ1) is 19.7. The number of nitrogens with one attached hydrogen (secondary N) is 2. The van der Waals surface area contributed by atoms with Crippen LogP contribution in [0.25, 0.3) is 10.9 Å². The second-order valence-corrected chi connectivity index (χ2v) is 8.03. The summed E-state index contributed by atoms with van der Waals surface area (Å²) in [7, 11) is 0. The van der Waals surface area contributed by atoms with Crippen LogP contribution in [0, 0.1) is 0 Å². The Bertz CT molecular complexity index is 1120. The Hall–Kier alpha value is -3.27. The maximum atomic E-state index is 13.0. The molecule has 2 aliphatic rings. The van der Waals surface area contributed by atoms with Crippen LogP contribution >= 0.6 is 0 Å². The molecule has 0 atom stereocenters. The van der Waals surface area contributed by atoms with E-state index in [4.69, 9.17) is 0 Å². The third-order valence-corrected chi connectivity index (χ3v) is 5.88. The molecule has 1 aromatic carbocycles. The molecule has 1 aliphatic carbocycles. The lowest BCUT2D eigenvalue weighted by molar-refractivity contribution is -0.135. The molecule has 2 amide bonds. The Labute approximate surface area is 176 Å². The SMILES string of the molecule is O=C(NC1(COC(F)F)CC1)c1cnn2c1CN(C(=O)c1cc3ccccc3[nH]1)CC2. The van der Waals surface area contributed by atoms with Gasteiger partial charge in [-0.1, -0.05) is 18.2 Å².